The first kappa shape index (κ1) is 15.0. The normalized spacial score (nSPS) is 10.8. The average Bonchev–Trinajstić information content (AvgIpc) is 3.07. The van der Waals surface area contributed by atoms with Crippen molar-refractivity contribution in [2.24, 2.45) is 0 Å². The van der Waals surface area contributed by atoms with Crippen LogP contribution >= 0.6 is 23.1 Å². The number of rotatable bonds is 5. The fourth-order valence-electron chi connectivity index (χ4n) is 2.12. The summed E-state index contributed by atoms with van der Waals surface area (Å²) in [6.45, 7) is 2.52. The van der Waals surface area contributed by atoms with Crippen molar-refractivity contribution >= 4 is 23.1 Å². The lowest BCUT2D eigenvalue weighted by Gasteiger charge is -2.10. The van der Waals surface area contributed by atoms with E-state index in [1.807, 2.05) is 48.7 Å². The zero-order valence-corrected chi connectivity index (χ0v) is 13.7. The Bertz CT molecular complexity index is 798. The first-order valence-corrected chi connectivity index (χ1v) is 8.84. The molecule has 0 unspecified atom stereocenters. The predicted molar refractivity (Wildman–Crippen MR) is 91.3 cm³/mol. The maximum absolute atomic E-state index is 12.6. The highest BCUT2D eigenvalue weighted by Gasteiger charge is 2.13. The number of thiophene rings is 1. The Morgan fingerprint density at radius 1 is 1.14 bits per heavy atom. The van der Waals surface area contributed by atoms with E-state index < -0.39 is 0 Å². The number of thioether (sulfide) groups is 1. The summed E-state index contributed by atoms with van der Waals surface area (Å²) in [6, 6.07) is 13.7. The highest BCUT2D eigenvalue weighted by Crippen LogP contribution is 2.22. The smallest absolute Gasteiger partial charge is 0.286 e. The lowest BCUT2D eigenvalue weighted by molar-refractivity contribution is 0.660. The summed E-state index contributed by atoms with van der Waals surface area (Å²) in [5.74, 6) is 1.37. The van der Waals surface area contributed by atoms with E-state index in [0.29, 0.717) is 17.4 Å². The highest BCUT2D eigenvalue weighted by atomic mass is 32.2. The van der Waals surface area contributed by atoms with Gasteiger partial charge in [-0.3, -0.25) is 9.36 Å². The van der Waals surface area contributed by atoms with Crippen molar-refractivity contribution in [1.29, 1.82) is 0 Å². The number of hydrogen-bond acceptors (Lipinski definition) is 5. The Morgan fingerprint density at radius 3 is 2.64 bits per heavy atom. The molecule has 0 N–H and O–H groups in total. The fraction of sp³-hybridized carbons (Fsp3) is 0.188. The van der Waals surface area contributed by atoms with Crippen molar-refractivity contribution in [1.82, 2.24) is 14.8 Å². The first-order chi connectivity index (χ1) is 10.8. The van der Waals surface area contributed by atoms with Crippen molar-refractivity contribution in [3.63, 3.8) is 0 Å². The van der Waals surface area contributed by atoms with Gasteiger partial charge in [0.2, 0.25) is 0 Å². The van der Waals surface area contributed by atoms with Gasteiger partial charge in [0.25, 0.3) is 5.56 Å². The minimum Gasteiger partial charge on any atom is -0.289 e. The van der Waals surface area contributed by atoms with E-state index in [1.54, 1.807) is 15.9 Å². The molecule has 0 amide bonds. The summed E-state index contributed by atoms with van der Waals surface area (Å²) in [7, 11) is 0. The van der Waals surface area contributed by atoms with Gasteiger partial charge in [0.1, 0.15) is 0 Å². The molecular formula is C16H15N3OS2. The van der Waals surface area contributed by atoms with Gasteiger partial charge in [-0.05, 0) is 18.4 Å². The van der Waals surface area contributed by atoms with Crippen LogP contribution in [-0.4, -0.2) is 14.8 Å². The van der Waals surface area contributed by atoms with E-state index >= 15 is 0 Å². The van der Waals surface area contributed by atoms with Gasteiger partial charge in [-0.2, -0.15) is 0 Å². The summed E-state index contributed by atoms with van der Waals surface area (Å²) < 4.78 is 1.68. The molecule has 1 aromatic carbocycles. The van der Waals surface area contributed by atoms with Crippen LogP contribution in [0.15, 0.2) is 57.7 Å². The van der Waals surface area contributed by atoms with Gasteiger partial charge in [0, 0.05) is 22.7 Å². The van der Waals surface area contributed by atoms with Gasteiger partial charge < -0.3 is 0 Å². The van der Waals surface area contributed by atoms with Crippen LogP contribution in [0.3, 0.4) is 0 Å². The van der Waals surface area contributed by atoms with Gasteiger partial charge in [-0.1, -0.05) is 48.2 Å². The SMILES string of the molecule is CCn1c(-c2ccccc2)nnc(SCc2cccs2)c1=O. The van der Waals surface area contributed by atoms with Crippen LogP contribution < -0.4 is 5.56 Å². The van der Waals surface area contributed by atoms with Gasteiger partial charge in [-0.15, -0.1) is 21.5 Å². The zero-order valence-electron chi connectivity index (χ0n) is 12.1. The fourth-order valence-corrected chi connectivity index (χ4v) is 3.77. The van der Waals surface area contributed by atoms with Crippen molar-refractivity contribution < 1.29 is 0 Å². The Balaban J connectivity index is 1.93. The van der Waals surface area contributed by atoms with E-state index in [0.717, 1.165) is 11.3 Å². The molecule has 0 spiro atoms. The maximum atomic E-state index is 12.6. The third-order valence-corrected chi connectivity index (χ3v) is 5.24. The molecule has 0 saturated heterocycles. The summed E-state index contributed by atoms with van der Waals surface area (Å²) in [5, 5.41) is 10.9. The zero-order chi connectivity index (χ0) is 15.4. The molecule has 0 aliphatic heterocycles. The average molecular weight is 329 g/mol. The minimum absolute atomic E-state index is 0.0714. The van der Waals surface area contributed by atoms with E-state index in [2.05, 4.69) is 16.3 Å². The molecule has 0 bridgehead atoms. The molecule has 4 nitrogen and oxygen atoms in total. The molecule has 3 rings (SSSR count). The number of aromatic nitrogens is 3. The van der Waals surface area contributed by atoms with E-state index in [1.165, 1.54) is 16.6 Å². The lowest BCUT2D eigenvalue weighted by atomic mass is 10.2. The standard InChI is InChI=1S/C16H15N3OS2/c1-2-19-14(12-7-4-3-5-8-12)17-18-15(16(19)20)22-11-13-9-6-10-21-13/h3-10H,2,11H2,1H3. The van der Waals surface area contributed by atoms with Crippen molar-refractivity contribution in [2.75, 3.05) is 0 Å². The van der Waals surface area contributed by atoms with Crippen molar-refractivity contribution in [3.8, 4) is 11.4 Å². The van der Waals surface area contributed by atoms with Crippen LogP contribution in [0, 0.1) is 0 Å². The topological polar surface area (TPSA) is 47.8 Å². The third-order valence-electron chi connectivity index (χ3n) is 3.20. The molecule has 22 heavy (non-hydrogen) atoms. The summed E-state index contributed by atoms with van der Waals surface area (Å²) >= 11 is 3.12. The molecule has 112 valence electrons. The third kappa shape index (κ3) is 3.13. The summed E-state index contributed by atoms with van der Waals surface area (Å²) in [4.78, 5) is 13.8. The van der Waals surface area contributed by atoms with Crippen LogP contribution in [-0.2, 0) is 12.3 Å². The van der Waals surface area contributed by atoms with Gasteiger partial charge in [-0.25, -0.2) is 0 Å². The Hall–Kier alpha value is -1.92. The lowest BCUT2D eigenvalue weighted by Crippen LogP contribution is -2.25. The monoisotopic (exact) mass is 329 g/mol. The molecule has 0 radical (unpaired) electrons. The number of benzene rings is 1. The molecule has 0 aliphatic carbocycles. The van der Waals surface area contributed by atoms with Crippen molar-refractivity contribution in [2.45, 2.75) is 24.2 Å². The second kappa shape index (κ2) is 6.89. The molecular weight excluding hydrogens is 314 g/mol. The first-order valence-electron chi connectivity index (χ1n) is 6.97. The van der Waals surface area contributed by atoms with E-state index in [4.69, 9.17) is 0 Å². The van der Waals surface area contributed by atoms with E-state index in [-0.39, 0.29) is 5.56 Å². The van der Waals surface area contributed by atoms with E-state index in [9.17, 15) is 4.79 Å². The summed E-state index contributed by atoms with van der Waals surface area (Å²) in [6.07, 6.45) is 0. The molecule has 0 atom stereocenters. The van der Waals surface area contributed by atoms with Crippen LogP contribution in [0.25, 0.3) is 11.4 Å². The number of hydrogen-bond donors (Lipinski definition) is 0. The Kier molecular flexibility index (Phi) is 4.70. The second-order valence-corrected chi connectivity index (χ2v) is 6.61. The number of nitrogens with zero attached hydrogens (tertiary/aromatic N) is 3. The largest absolute Gasteiger partial charge is 0.289 e. The van der Waals surface area contributed by atoms with Gasteiger partial charge in [0.05, 0.1) is 0 Å². The van der Waals surface area contributed by atoms with Crippen LogP contribution in [0.1, 0.15) is 11.8 Å². The molecule has 6 heteroatoms. The van der Waals surface area contributed by atoms with Gasteiger partial charge in [0.15, 0.2) is 10.9 Å². The minimum atomic E-state index is -0.0714. The van der Waals surface area contributed by atoms with Gasteiger partial charge >= 0.3 is 0 Å². The second-order valence-electron chi connectivity index (χ2n) is 4.61. The Morgan fingerprint density at radius 2 is 1.95 bits per heavy atom. The predicted octanol–water partition coefficient (Wildman–Crippen LogP) is 3.68. The highest BCUT2D eigenvalue weighted by molar-refractivity contribution is 7.98. The van der Waals surface area contributed by atoms with Crippen LogP contribution in [0.2, 0.25) is 0 Å². The summed E-state index contributed by atoms with van der Waals surface area (Å²) in [5.41, 5.74) is 0.835. The van der Waals surface area contributed by atoms with Crippen molar-refractivity contribution in [3.05, 3.63) is 63.1 Å². The van der Waals surface area contributed by atoms with Crippen LogP contribution in [0.4, 0.5) is 0 Å². The Labute approximate surface area is 136 Å². The van der Waals surface area contributed by atoms with Crippen LogP contribution in [0.5, 0.6) is 0 Å². The molecule has 0 aliphatic rings. The quantitative estimate of drug-likeness (QED) is 0.670. The maximum Gasteiger partial charge on any atom is 0.286 e. The molecule has 2 aromatic heterocycles. The molecule has 0 saturated carbocycles. The molecule has 3 aromatic rings. The molecule has 0 fully saturated rings. The molecule has 2 heterocycles.